The number of carbonyl (C=O) groups is 1. The van der Waals surface area contributed by atoms with Gasteiger partial charge in [0, 0.05) is 21.1 Å². The van der Waals surface area contributed by atoms with Crippen molar-refractivity contribution in [1.29, 1.82) is 0 Å². The molecular weight excluding hydrogens is 360 g/mol. The third-order valence-corrected chi connectivity index (χ3v) is 3.67. The lowest BCUT2D eigenvalue weighted by Gasteiger charge is -2.08. The summed E-state index contributed by atoms with van der Waals surface area (Å²) in [5.74, 6) is -0.354. The number of hydrogen-bond acceptors (Lipinski definition) is 3. The summed E-state index contributed by atoms with van der Waals surface area (Å²) >= 11 is 9.17. The van der Waals surface area contributed by atoms with Crippen LogP contribution in [0.1, 0.15) is 5.56 Å². The Hall–Kier alpha value is -1.92. The van der Waals surface area contributed by atoms with Gasteiger partial charge in [-0.1, -0.05) is 29.8 Å². The highest BCUT2D eigenvalue weighted by Gasteiger charge is 2.16. The smallest absolute Gasteiger partial charge is 0.273 e. The van der Waals surface area contributed by atoms with Crippen molar-refractivity contribution in [3.8, 4) is 0 Å². The number of benzene rings is 2. The predicted octanol–water partition coefficient (Wildman–Crippen LogP) is 4.19. The fourth-order valence-corrected chi connectivity index (χ4v) is 2.32. The van der Waals surface area contributed by atoms with Crippen LogP contribution in [0.2, 0.25) is 5.02 Å². The lowest BCUT2D eigenvalue weighted by atomic mass is 10.1. The van der Waals surface area contributed by atoms with E-state index in [1.807, 2.05) is 0 Å². The monoisotopic (exact) mass is 368 g/mol. The Morgan fingerprint density at radius 2 is 2.00 bits per heavy atom. The molecule has 0 saturated carbocycles. The van der Waals surface area contributed by atoms with Crippen molar-refractivity contribution >= 4 is 44.8 Å². The summed E-state index contributed by atoms with van der Waals surface area (Å²) in [6.45, 7) is 0. The molecule has 5 nitrogen and oxygen atoms in total. The number of rotatable bonds is 4. The lowest BCUT2D eigenvalue weighted by molar-refractivity contribution is -0.385. The number of carbonyl (C=O) groups excluding carboxylic acids is 1. The number of hydrogen-bond donors (Lipinski definition) is 1. The first-order valence-corrected chi connectivity index (χ1v) is 7.11. The van der Waals surface area contributed by atoms with Crippen LogP contribution in [0.3, 0.4) is 0 Å². The average Bonchev–Trinajstić information content (AvgIpc) is 2.43. The van der Waals surface area contributed by atoms with Crippen molar-refractivity contribution in [2.45, 2.75) is 6.42 Å². The molecule has 0 aliphatic carbocycles. The highest BCUT2D eigenvalue weighted by molar-refractivity contribution is 9.10. The summed E-state index contributed by atoms with van der Waals surface area (Å²) < 4.78 is 0.683. The minimum atomic E-state index is -0.502. The van der Waals surface area contributed by atoms with Gasteiger partial charge in [0.1, 0.15) is 0 Å². The molecule has 0 saturated heterocycles. The molecule has 2 aromatic rings. The summed E-state index contributed by atoms with van der Waals surface area (Å²) in [4.78, 5) is 22.4. The van der Waals surface area contributed by atoms with Gasteiger partial charge in [-0.15, -0.1) is 0 Å². The number of anilines is 1. The van der Waals surface area contributed by atoms with Crippen LogP contribution in [-0.4, -0.2) is 10.8 Å². The van der Waals surface area contributed by atoms with Gasteiger partial charge in [0.25, 0.3) is 5.69 Å². The van der Waals surface area contributed by atoms with E-state index in [1.165, 1.54) is 6.07 Å². The van der Waals surface area contributed by atoms with Crippen molar-refractivity contribution in [3.05, 3.63) is 67.6 Å². The lowest BCUT2D eigenvalue weighted by Crippen LogP contribution is -2.15. The molecule has 1 amide bonds. The topological polar surface area (TPSA) is 72.2 Å². The maximum absolute atomic E-state index is 12.0. The third-order valence-electron chi connectivity index (χ3n) is 2.74. The second-order valence-corrected chi connectivity index (χ2v) is 5.53. The molecule has 1 N–H and O–H groups in total. The Morgan fingerprint density at radius 1 is 1.29 bits per heavy atom. The molecule has 21 heavy (non-hydrogen) atoms. The standard InChI is InChI=1S/C14H10BrClN2O3/c15-11-6-5-10(16)8-12(11)17-14(19)7-9-3-1-2-4-13(9)18(20)21/h1-6,8H,7H2,(H,17,19). The number of para-hydroxylation sites is 1. The SMILES string of the molecule is O=C(Cc1ccccc1[N+](=O)[O-])Nc1cc(Cl)ccc1Br. The molecule has 108 valence electrons. The van der Waals surface area contributed by atoms with Crippen LogP contribution < -0.4 is 5.32 Å². The second kappa shape index (κ2) is 6.69. The van der Waals surface area contributed by atoms with E-state index in [9.17, 15) is 14.9 Å². The Bertz CT molecular complexity index is 706. The van der Waals surface area contributed by atoms with Gasteiger partial charge in [-0.2, -0.15) is 0 Å². The summed E-state index contributed by atoms with van der Waals surface area (Å²) in [5, 5.41) is 14.1. The molecule has 0 spiro atoms. The maximum atomic E-state index is 12.0. The van der Waals surface area contributed by atoms with Crippen LogP contribution in [0.15, 0.2) is 46.9 Å². The van der Waals surface area contributed by atoms with Gasteiger partial charge in [0.15, 0.2) is 0 Å². The van der Waals surface area contributed by atoms with Gasteiger partial charge in [-0.05, 0) is 34.1 Å². The largest absolute Gasteiger partial charge is 0.325 e. The molecule has 0 aliphatic heterocycles. The highest BCUT2D eigenvalue weighted by atomic mass is 79.9. The van der Waals surface area contributed by atoms with E-state index in [-0.39, 0.29) is 18.0 Å². The first-order valence-electron chi connectivity index (χ1n) is 5.94. The number of nitro groups is 1. The fraction of sp³-hybridized carbons (Fsp3) is 0.0714. The molecule has 0 radical (unpaired) electrons. The summed E-state index contributed by atoms with van der Waals surface area (Å²) in [6, 6.07) is 11.1. The number of amides is 1. The number of nitrogens with zero attached hydrogens (tertiary/aromatic N) is 1. The molecule has 0 unspecified atom stereocenters. The molecular formula is C14H10BrClN2O3. The van der Waals surface area contributed by atoms with Crippen LogP contribution in [0.4, 0.5) is 11.4 Å². The van der Waals surface area contributed by atoms with Crippen molar-refractivity contribution in [2.75, 3.05) is 5.32 Å². The van der Waals surface area contributed by atoms with E-state index >= 15 is 0 Å². The Labute approximate surface area is 134 Å². The van der Waals surface area contributed by atoms with Crippen molar-refractivity contribution < 1.29 is 9.72 Å². The zero-order chi connectivity index (χ0) is 15.4. The van der Waals surface area contributed by atoms with Crippen molar-refractivity contribution in [2.24, 2.45) is 0 Å². The predicted molar refractivity (Wildman–Crippen MR) is 84.6 cm³/mol. The third kappa shape index (κ3) is 4.03. The van der Waals surface area contributed by atoms with Crippen molar-refractivity contribution in [1.82, 2.24) is 0 Å². The molecule has 0 aromatic heterocycles. The van der Waals surface area contributed by atoms with E-state index in [2.05, 4.69) is 21.2 Å². The Morgan fingerprint density at radius 3 is 2.71 bits per heavy atom. The van der Waals surface area contributed by atoms with Gasteiger partial charge < -0.3 is 5.32 Å². The number of nitro benzene ring substituents is 1. The minimum Gasteiger partial charge on any atom is -0.325 e. The second-order valence-electron chi connectivity index (χ2n) is 4.23. The van der Waals surface area contributed by atoms with Crippen LogP contribution >= 0.6 is 27.5 Å². The van der Waals surface area contributed by atoms with Crippen LogP contribution in [0.25, 0.3) is 0 Å². The molecule has 7 heteroatoms. The van der Waals surface area contributed by atoms with E-state index in [4.69, 9.17) is 11.6 Å². The van der Waals surface area contributed by atoms with E-state index < -0.39 is 4.92 Å². The zero-order valence-electron chi connectivity index (χ0n) is 10.7. The Kier molecular flexibility index (Phi) is 4.93. The number of nitrogens with one attached hydrogen (secondary N) is 1. The fourth-order valence-electron chi connectivity index (χ4n) is 1.80. The molecule has 0 aliphatic rings. The summed E-state index contributed by atoms with van der Waals surface area (Å²) in [6.07, 6.45) is -0.0872. The van der Waals surface area contributed by atoms with Gasteiger partial charge in [0.05, 0.1) is 17.0 Å². The average molecular weight is 370 g/mol. The van der Waals surface area contributed by atoms with Crippen LogP contribution in [0, 0.1) is 10.1 Å². The maximum Gasteiger partial charge on any atom is 0.273 e. The van der Waals surface area contributed by atoms with E-state index in [0.717, 1.165) is 0 Å². The number of halogens is 2. The van der Waals surface area contributed by atoms with Crippen molar-refractivity contribution in [3.63, 3.8) is 0 Å². The molecule has 0 atom stereocenters. The zero-order valence-corrected chi connectivity index (χ0v) is 13.0. The minimum absolute atomic E-state index is 0.0715. The molecule has 0 heterocycles. The van der Waals surface area contributed by atoms with Gasteiger partial charge in [-0.3, -0.25) is 14.9 Å². The molecule has 2 rings (SSSR count). The molecule has 0 bridgehead atoms. The van der Waals surface area contributed by atoms with Crippen LogP contribution in [0.5, 0.6) is 0 Å². The normalized spacial score (nSPS) is 10.2. The Balaban J connectivity index is 2.16. The highest BCUT2D eigenvalue weighted by Crippen LogP contribution is 2.26. The molecule has 0 fully saturated rings. The molecule has 2 aromatic carbocycles. The summed E-state index contributed by atoms with van der Waals surface area (Å²) in [7, 11) is 0. The van der Waals surface area contributed by atoms with Gasteiger partial charge in [-0.25, -0.2) is 0 Å². The van der Waals surface area contributed by atoms with Crippen LogP contribution in [-0.2, 0) is 11.2 Å². The van der Waals surface area contributed by atoms with Gasteiger partial charge >= 0.3 is 0 Å². The first-order chi connectivity index (χ1) is 9.97. The summed E-state index contributed by atoms with van der Waals surface area (Å²) in [5.41, 5.74) is 0.807. The van der Waals surface area contributed by atoms with E-state index in [0.29, 0.717) is 20.7 Å². The first kappa shape index (κ1) is 15.5. The van der Waals surface area contributed by atoms with Gasteiger partial charge in [0.2, 0.25) is 5.91 Å². The van der Waals surface area contributed by atoms with E-state index in [1.54, 1.807) is 36.4 Å². The quantitative estimate of drug-likeness (QED) is 0.648.